The first-order valence-corrected chi connectivity index (χ1v) is 6.71. The van der Waals surface area contributed by atoms with E-state index in [0.717, 1.165) is 0 Å². The molecule has 1 rings (SSSR count). The number of amides is 1. The fraction of sp³-hybridized carbons (Fsp3) is 0.462. The molecule has 0 saturated heterocycles. The number of thioether (sulfide) groups is 1. The summed E-state index contributed by atoms with van der Waals surface area (Å²) in [4.78, 5) is 12.7. The summed E-state index contributed by atoms with van der Waals surface area (Å²) < 4.78 is 5.39. The van der Waals surface area contributed by atoms with Gasteiger partial charge in [0.15, 0.2) is 6.61 Å². The van der Waals surface area contributed by atoms with Crippen molar-refractivity contribution < 1.29 is 9.53 Å². The molecule has 17 heavy (non-hydrogen) atoms. The average Bonchev–Trinajstić information content (AvgIpc) is 2.25. The highest BCUT2D eigenvalue weighted by Gasteiger charge is 2.13. The van der Waals surface area contributed by atoms with Crippen LogP contribution < -0.4 is 10.1 Å². The Morgan fingerprint density at radius 3 is 2.35 bits per heavy atom. The van der Waals surface area contributed by atoms with Crippen molar-refractivity contribution in [3.05, 3.63) is 24.3 Å². The molecule has 0 unspecified atom stereocenters. The van der Waals surface area contributed by atoms with Crippen molar-refractivity contribution >= 4 is 17.7 Å². The highest BCUT2D eigenvalue weighted by Crippen LogP contribution is 2.18. The summed E-state index contributed by atoms with van der Waals surface area (Å²) in [5.74, 6) is 0.610. The van der Waals surface area contributed by atoms with Gasteiger partial charge in [-0.3, -0.25) is 4.79 Å². The molecule has 0 atom stereocenters. The fourth-order valence-electron chi connectivity index (χ4n) is 1.28. The smallest absolute Gasteiger partial charge is 0.258 e. The Morgan fingerprint density at radius 1 is 1.29 bits per heavy atom. The van der Waals surface area contributed by atoms with E-state index in [1.54, 1.807) is 11.8 Å². The lowest BCUT2D eigenvalue weighted by molar-refractivity contribution is -0.124. The van der Waals surface area contributed by atoms with Crippen molar-refractivity contribution in [1.82, 2.24) is 5.32 Å². The quantitative estimate of drug-likeness (QED) is 0.838. The predicted molar refractivity (Wildman–Crippen MR) is 71.6 cm³/mol. The predicted octanol–water partition coefficient (Wildman–Crippen LogP) is 2.70. The topological polar surface area (TPSA) is 38.3 Å². The Hall–Kier alpha value is -1.16. The molecule has 0 bridgehead atoms. The van der Waals surface area contributed by atoms with Crippen LogP contribution in [0, 0.1) is 0 Å². The number of carbonyl (C=O) groups excluding carboxylic acids is 1. The zero-order chi connectivity index (χ0) is 12.9. The molecule has 0 aliphatic rings. The van der Waals surface area contributed by atoms with Gasteiger partial charge in [-0.1, -0.05) is 0 Å². The molecule has 0 fully saturated rings. The summed E-state index contributed by atoms with van der Waals surface area (Å²) in [6, 6.07) is 7.69. The molecule has 1 aromatic rings. The van der Waals surface area contributed by atoms with Crippen molar-refractivity contribution in [1.29, 1.82) is 0 Å². The van der Waals surface area contributed by atoms with Gasteiger partial charge < -0.3 is 10.1 Å². The second-order valence-electron chi connectivity index (χ2n) is 4.76. The minimum atomic E-state index is -0.219. The van der Waals surface area contributed by atoms with Gasteiger partial charge in [-0.2, -0.15) is 0 Å². The third kappa shape index (κ3) is 5.63. The molecule has 1 N–H and O–H groups in total. The van der Waals surface area contributed by atoms with E-state index in [0.29, 0.717) is 5.75 Å². The standard InChI is InChI=1S/C13H19NO2S/c1-13(2,3)14-12(15)9-16-10-5-7-11(17-4)8-6-10/h5-8H,9H2,1-4H3,(H,14,15). The first-order chi connectivity index (χ1) is 7.90. The molecule has 0 radical (unpaired) electrons. The maximum atomic E-state index is 11.5. The lowest BCUT2D eigenvalue weighted by Crippen LogP contribution is -2.43. The van der Waals surface area contributed by atoms with E-state index in [9.17, 15) is 4.79 Å². The van der Waals surface area contributed by atoms with Gasteiger partial charge in [0.1, 0.15) is 5.75 Å². The van der Waals surface area contributed by atoms with Crippen LogP contribution >= 0.6 is 11.8 Å². The minimum Gasteiger partial charge on any atom is -0.484 e. The molecule has 0 aromatic heterocycles. The molecular weight excluding hydrogens is 234 g/mol. The molecule has 1 aromatic carbocycles. The van der Waals surface area contributed by atoms with Crippen LogP contribution in [0.25, 0.3) is 0 Å². The fourth-order valence-corrected chi connectivity index (χ4v) is 1.68. The summed E-state index contributed by atoms with van der Waals surface area (Å²) >= 11 is 1.67. The normalized spacial score (nSPS) is 11.1. The highest BCUT2D eigenvalue weighted by molar-refractivity contribution is 7.98. The van der Waals surface area contributed by atoms with Gasteiger partial charge in [0.2, 0.25) is 0 Å². The van der Waals surface area contributed by atoms with E-state index in [-0.39, 0.29) is 18.1 Å². The van der Waals surface area contributed by atoms with Gasteiger partial charge in [-0.05, 0) is 51.3 Å². The van der Waals surface area contributed by atoms with Gasteiger partial charge in [-0.15, -0.1) is 11.8 Å². The Morgan fingerprint density at radius 2 is 1.88 bits per heavy atom. The first-order valence-electron chi connectivity index (χ1n) is 5.48. The van der Waals surface area contributed by atoms with Crippen LogP contribution in [-0.4, -0.2) is 24.3 Å². The van der Waals surface area contributed by atoms with Crippen LogP contribution in [0.1, 0.15) is 20.8 Å². The van der Waals surface area contributed by atoms with Crippen molar-refractivity contribution in [2.24, 2.45) is 0 Å². The van der Waals surface area contributed by atoms with Crippen molar-refractivity contribution in [3.63, 3.8) is 0 Å². The van der Waals surface area contributed by atoms with E-state index in [1.165, 1.54) is 4.90 Å². The van der Waals surface area contributed by atoms with E-state index < -0.39 is 0 Å². The number of hydrogen-bond donors (Lipinski definition) is 1. The second-order valence-corrected chi connectivity index (χ2v) is 5.64. The second kappa shape index (κ2) is 5.96. The minimum absolute atomic E-state index is 0.0515. The van der Waals surface area contributed by atoms with Gasteiger partial charge >= 0.3 is 0 Å². The summed E-state index contributed by atoms with van der Waals surface area (Å²) in [7, 11) is 0. The number of hydrogen-bond acceptors (Lipinski definition) is 3. The maximum Gasteiger partial charge on any atom is 0.258 e. The first kappa shape index (κ1) is 13.9. The molecular formula is C13H19NO2S. The summed E-state index contributed by atoms with van der Waals surface area (Å²) in [6.45, 7) is 5.88. The van der Waals surface area contributed by atoms with E-state index in [1.807, 2.05) is 51.3 Å². The zero-order valence-corrected chi connectivity index (χ0v) is 11.6. The Bertz CT molecular complexity index is 368. The molecule has 1 amide bonds. The van der Waals surface area contributed by atoms with Gasteiger partial charge in [0.25, 0.3) is 5.91 Å². The molecule has 0 saturated carbocycles. The summed E-state index contributed by atoms with van der Waals surface area (Å²) in [5.41, 5.74) is -0.219. The van der Waals surface area contributed by atoms with Crippen LogP contribution in [0.2, 0.25) is 0 Å². The molecule has 0 heterocycles. The molecule has 94 valence electrons. The molecule has 0 aliphatic carbocycles. The maximum absolute atomic E-state index is 11.5. The monoisotopic (exact) mass is 253 g/mol. The summed E-state index contributed by atoms with van der Waals surface area (Å²) in [6.07, 6.45) is 2.02. The number of carbonyl (C=O) groups is 1. The van der Waals surface area contributed by atoms with Crippen molar-refractivity contribution in [2.75, 3.05) is 12.9 Å². The highest BCUT2D eigenvalue weighted by atomic mass is 32.2. The lowest BCUT2D eigenvalue weighted by Gasteiger charge is -2.20. The van der Waals surface area contributed by atoms with Gasteiger partial charge in [-0.25, -0.2) is 0 Å². The van der Waals surface area contributed by atoms with Crippen LogP contribution in [0.15, 0.2) is 29.2 Å². The third-order valence-electron chi connectivity index (χ3n) is 1.94. The molecule has 0 spiro atoms. The van der Waals surface area contributed by atoms with E-state index in [2.05, 4.69) is 5.32 Å². The molecule has 0 aliphatic heterocycles. The average molecular weight is 253 g/mol. The van der Waals surface area contributed by atoms with Crippen LogP contribution in [0.5, 0.6) is 5.75 Å². The third-order valence-corrected chi connectivity index (χ3v) is 2.69. The van der Waals surface area contributed by atoms with Crippen LogP contribution in [0.4, 0.5) is 0 Å². The SMILES string of the molecule is CSc1ccc(OCC(=O)NC(C)(C)C)cc1. The number of benzene rings is 1. The number of ether oxygens (including phenoxy) is 1. The van der Waals surface area contributed by atoms with E-state index in [4.69, 9.17) is 4.74 Å². The van der Waals surface area contributed by atoms with Gasteiger partial charge in [0.05, 0.1) is 0 Å². The Balaban J connectivity index is 2.42. The summed E-state index contributed by atoms with van der Waals surface area (Å²) in [5, 5.41) is 2.84. The lowest BCUT2D eigenvalue weighted by atomic mass is 10.1. The van der Waals surface area contributed by atoms with Crippen LogP contribution in [0.3, 0.4) is 0 Å². The van der Waals surface area contributed by atoms with E-state index >= 15 is 0 Å². The van der Waals surface area contributed by atoms with Crippen molar-refractivity contribution in [2.45, 2.75) is 31.2 Å². The number of rotatable bonds is 4. The Labute approximate surface area is 107 Å². The van der Waals surface area contributed by atoms with Crippen molar-refractivity contribution in [3.8, 4) is 5.75 Å². The molecule has 4 heteroatoms. The molecule has 3 nitrogen and oxygen atoms in total. The Kier molecular flexibility index (Phi) is 4.87. The largest absolute Gasteiger partial charge is 0.484 e. The van der Waals surface area contributed by atoms with Crippen LogP contribution in [-0.2, 0) is 4.79 Å². The zero-order valence-electron chi connectivity index (χ0n) is 10.7. The van der Waals surface area contributed by atoms with Gasteiger partial charge in [0, 0.05) is 10.4 Å². The number of nitrogens with one attached hydrogen (secondary N) is 1.